The first-order valence-corrected chi connectivity index (χ1v) is 6.77. The van der Waals surface area contributed by atoms with E-state index in [1.807, 2.05) is 50.2 Å². The van der Waals surface area contributed by atoms with E-state index in [-0.39, 0.29) is 6.04 Å². The first kappa shape index (κ1) is 14.7. The van der Waals surface area contributed by atoms with Crippen LogP contribution in [0.5, 0.6) is 17.2 Å². The average molecular weight is 292 g/mol. The SMILES string of the molecule is COc1cccc(Oc2cc(C)ccc2Cl)c1[C@@H](C)N. The Balaban J connectivity index is 2.45. The van der Waals surface area contributed by atoms with Gasteiger partial charge in [0.1, 0.15) is 17.2 Å². The molecular weight excluding hydrogens is 274 g/mol. The molecule has 2 aromatic rings. The highest BCUT2D eigenvalue weighted by Crippen LogP contribution is 2.37. The third kappa shape index (κ3) is 3.06. The van der Waals surface area contributed by atoms with Crippen molar-refractivity contribution in [2.45, 2.75) is 19.9 Å². The molecular formula is C16H18ClNO2. The van der Waals surface area contributed by atoms with Crippen LogP contribution in [0.4, 0.5) is 0 Å². The normalized spacial score (nSPS) is 12.1. The monoisotopic (exact) mass is 291 g/mol. The first-order valence-electron chi connectivity index (χ1n) is 6.39. The second kappa shape index (κ2) is 6.16. The Hall–Kier alpha value is -1.71. The standard InChI is InChI=1S/C16H18ClNO2/c1-10-7-8-12(17)15(9-10)20-14-6-4-5-13(19-3)16(14)11(2)18/h4-9,11H,18H2,1-3H3/t11-/m1/s1. The lowest BCUT2D eigenvalue weighted by Gasteiger charge is -2.17. The van der Waals surface area contributed by atoms with Gasteiger partial charge in [-0.2, -0.15) is 0 Å². The highest BCUT2D eigenvalue weighted by atomic mass is 35.5. The molecule has 0 saturated heterocycles. The molecule has 2 N–H and O–H groups in total. The zero-order valence-corrected chi connectivity index (χ0v) is 12.6. The minimum absolute atomic E-state index is 0.204. The summed E-state index contributed by atoms with van der Waals surface area (Å²) in [5.74, 6) is 1.98. The van der Waals surface area contributed by atoms with Gasteiger partial charge in [0.15, 0.2) is 0 Å². The third-order valence-electron chi connectivity index (χ3n) is 3.01. The van der Waals surface area contributed by atoms with Gasteiger partial charge in [0.25, 0.3) is 0 Å². The van der Waals surface area contributed by atoms with Crippen LogP contribution in [0, 0.1) is 6.92 Å². The van der Waals surface area contributed by atoms with Crippen LogP contribution in [0.1, 0.15) is 24.1 Å². The van der Waals surface area contributed by atoms with E-state index in [1.54, 1.807) is 7.11 Å². The highest BCUT2D eigenvalue weighted by molar-refractivity contribution is 6.32. The van der Waals surface area contributed by atoms with Crippen molar-refractivity contribution in [3.05, 3.63) is 52.5 Å². The van der Waals surface area contributed by atoms with Crippen LogP contribution in [0.15, 0.2) is 36.4 Å². The molecule has 2 rings (SSSR count). The molecule has 0 heterocycles. The van der Waals surface area contributed by atoms with E-state index in [1.165, 1.54) is 0 Å². The van der Waals surface area contributed by atoms with Crippen LogP contribution in [-0.2, 0) is 0 Å². The van der Waals surface area contributed by atoms with Crippen LogP contribution in [0.25, 0.3) is 0 Å². The molecule has 4 heteroatoms. The van der Waals surface area contributed by atoms with Gasteiger partial charge in [0.05, 0.1) is 17.7 Å². The fourth-order valence-corrected chi connectivity index (χ4v) is 2.20. The molecule has 0 radical (unpaired) electrons. The van der Waals surface area contributed by atoms with Crippen molar-refractivity contribution in [1.82, 2.24) is 0 Å². The summed E-state index contributed by atoms with van der Waals surface area (Å²) in [6.45, 7) is 3.88. The van der Waals surface area contributed by atoms with Crippen LogP contribution in [0.3, 0.4) is 0 Å². The summed E-state index contributed by atoms with van der Waals surface area (Å²) >= 11 is 6.16. The molecule has 0 aliphatic heterocycles. The van der Waals surface area contributed by atoms with Crippen LogP contribution in [0.2, 0.25) is 5.02 Å². The van der Waals surface area contributed by atoms with E-state index >= 15 is 0 Å². The number of halogens is 1. The lowest BCUT2D eigenvalue weighted by atomic mass is 10.1. The number of aryl methyl sites for hydroxylation is 1. The summed E-state index contributed by atoms with van der Waals surface area (Å²) in [7, 11) is 1.62. The number of methoxy groups -OCH3 is 1. The van der Waals surface area contributed by atoms with Crippen molar-refractivity contribution in [3.63, 3.8) is 0 Å². The van der Waals surface area contributed by atoms with E-state index in [2.05, 4.69) is 0 Å². The molecule has 20 heavy (non-hydrogen) atoms. The van der Waals surface area contributed by atoms with Gasteiger partial charge >= 0.3 is 0 Å². The topological polar surface area (TPSA) is 44.5 Å². The van der Waals surface area contributed by atoms with Gasteiger partial charge in [-0.15, -0.1) is 0 Å². The molecule has 0 aliphatic rings. The summed E-state index contributed by atoms with van der Waals surface area (Å²) in [6, 6.07) is 11.0. The molecule has 2 aromatic carbocycles. The maximum Gasteiger partial charge on any atom is 0.146 e. The molecule has 0 unspecified atom stereocenters. The van der Waals surface area contributed by atoms with Crippen molar-refractivity contribution in [1.29, 1.82) is 0 Å². The molecule has 106 valence electrons. The molecule has 3 nitrogen and oxygen atoms in total. The smallest absolute Gasteiger partial charge is 0.146 e. The number of rotatable bonds is 4. The first-order chi connectivity index (χ1) is 9.52. The van der Waals surface area contributed by atoms with Gasteiger partial charge in [-0.3, -0.25) is 0 Å². The molecule has 0 spiro atoms. The molecule has 0 amide bonds. The molecule has 0 saturated carbocycles. The Labute approximate surface area is 124 Å². The number of ether oxygens (including phenoxy) is 2. The zero-order chi connectivity index (χ0) is 14.7. The van der Waals surface area contributed by atoms with E-state index < -0.39 is 0 Å². The fourth-order valence-electron chi connectivity index (χ4n) is 2.05. The Bertz CT molecular complexity index is 611. The van der Waals surface area contributed by atoms with Gasteiger partial charge < -0.3 is 15.2 Å². The number of hydrogen-bond donors (Lipinski definition) is 1. The molecule has 0 bridgehead atoms. The average Bonchev–Trinajstić information content (AvgIpc) is 2.42. The molecule has 0 aliphatic carbocycles. The quantitative estimate of drug-likeness (QED) is 0.904. The number of nitrogens with two attached hydrogens (primary N) is 1. The summed E-state index contributed by atoms with van der Waals surface area (Å²) < 4.78 is 11.3. The summed E-state index contributed by atoms with van der Waals surface area (Å²) in [4.78, 5) is 0. The number of benzene rings is 2. The Kier molecular flexibility index (Phi) is 4.53. The zero-order valence-electron chi connectivity index (χ0n) is 11.8. The minimum Gasteiger partial charge on any atom is -0.496 e. The largest absolute Gasteiger partial charge is 0.496 e. The van der Waals surface area contributed by atoms with E-state index in [0.717, 1.165) is 11.1 Å². The highest BCUT2D eigenvalue weighted by Gasteiger charge is 2.15. The molecule has 0 aromatic heterocycles. The Morgan fingerprint density at radius 2 is 1.80 bits per heavy atom. The van der Waals surface area contributed by atoms with Crippen LogP contribution in [-0.4, -0.2) is 7.11 Å². The van der Waals surface area contributed by atoms with Crippen LogP contribution >= 0.6 is 11.6 Å². The Morgan fingerprint density at radius 3 is 2.45 bits per heavy atom. The third-order valence-corrected chi connectivity index (χ3v) is 3.32. The van der Waals surface area contributed by atoms with Crippen molar-refractivity contribution in [2.24, 2.45) is 5.73 Å². The Morgan fingerprint density at radius 1 is 1.10 bits per heavy atom. The van der Waals surface area contributed by atoms with Gasteiger partial charge in [-0.1, -0.05) is 23.7 Å². The van der Waals surface area contributed by atoms with Crippen LogP contribution < -0.4 is 15.2 Å². The lowest BCUT2D eigenvalue weighted by molar-refractivity contribution is 0.397. The van der Waals surface area contributed by atoms with Gasteiger partial charge in [0, 0.05) is 6.04 Å². The van der Waals surface area contributed by atoms with Crippen molar-refractivity contribution < 1.29 is 9.47 Å². The van der Waals surface area contributed by atoms with E-state index in [9.17, 15) is 0 Å². The van der Waals surface area contributed by atoms with Crippen molar-refractivity contribution >= 4 is 11.6 Å². The summed E-state index contributed by atoms with van der Waals surface area (Å²) in [5.41, 5.74) is 7.92. The molecule has 0 fully saturated rings. The summed E-state index contributed by atoms with van der Waals surface area (Å²) in [5, 5.41) is 0.564. The van der Waals surface area contributed by atoms with E-state index in [4.69, 9.17) is 26.8 Å². The van der Waals surface area contributed by atoms with Gasteiger partial charge in [0.2, 0.25) is 0 Å². The van der Waals surface area contributed by atoms with E-state index in [0.29, 0.717) is 22.3 Å². The predicted octanol–water partition coefficient (Wildman–Crippen LogP) is 4.47. The van der Waals surface area contributed by atoms with Gasteiger partial charge in [-0.05, 0) is 43.7 Å². The number of hydrogen-bond acceptors (Lipinski definition) is 3. The summed E-state index contributed by atoms with van der Waals surface area (Å²) in [6.07, 6.45) is 0. The predicted molar refractivity (Wildman–Crippen MR) is 81.9 cm³/mol. The second-order valence-corrected chi connectivity index (χ2v) is 5.10. The second-order valence-electron chi connectivity index (χ2n) is 4.70. The molecule has 1 atom stereocenters. The lowest BCUT2D eigenvalue weighted by Crippen LogP contribution is -2.08. The van der Waals surface area contributed by atoms with Crippen molar-refractivity contribution in [2.75, 3.05) is 7.11 Å². The van der Waals surface area contributed by atoms with Gasteiger partial charge in [-0.25, -0.2) is 0 Å². The fraction of sp³-hybridized carbons (Fsp3) is 0.250. The minimum atomic E-state index is -0.204. The van der Waals surface area contributed by atoms with Crippen molar-refractivity contribution in [3.8, 4) is 17.2 Å². The maximum atomic E-state index is 6.16. The maximum absolute atomic E-state index is 6.16.